The van der Waals surface area contributed by atoms with E-state index in [2.05, 4.69) is 19.9 Å². The SMILES string of the molecule is Cc1cc(OC(=O)c2ccc(CS(C)(=O)=O)cc2)cc(C(C)C)c1. The van der Waals surface area contributed by atoms with Crippen molar-refractivity contribution in [3.63, 3.8) is 0 Å². The number of hydrogen-bond donors (Lipinski definition) is 0. The molecule has 0 bridgehead atoms. The Kier molecular flexibility index (Phi) is 5.44. The third-order valence-corrected chi connectivity index (χ3v) is 4.43. The van der Waals surface area contributed by atoms with Crippen molar-refractivity contribution < 1.29 is 17.9 Å². The molecule has 2 aromatic carbocycles. The minimum atomic E-state index is -3.09. The summed E-state index contributed by atoms with van der Waals surface area (Å²) in [5, 5.41) is 0. The van der Waals surface area contributed by atoms with Crippen molar-refractivity contribution in [3.8, 4) is 5.75 Å². The van der Waals surface area contributed by atoms with Crippen LogP contribution in [-0.2, 0) is 15.6 Å². The highest BCUT2D eigenvalue weighted by molar-refractivity contribution is 7.89. The van der Waals surface area contributed by atoms with Gasteiger partial charge in [0.1, 0.15) is 5.75 Å². The largest absolute Gasteiger partial charge is 0.423 e. The number of rotatable bonds is 5. The van der Waals surface area contributed by atoms with Crippen molar-refractivity contribution in [2.45, 2.75) is 32.4 Å². The molecule has 0 aliphatic carbocycles. The molecule has 0 aliphatic heterocycles. The van der Waals surface area contributed by atoms with Gasteiger partial charge in [0.2, 0.25) is 0 Å². The van der Waals surface area contributed by atoms with E-state index >= 15 is 0 Å². The number of benzene rings is 2. The monoisotopic (exact) mass is 346 g/mol. The van der Waals surface area contributed by atoms with E-state index < -0.39 is 15.8 Å². The Morgan fingerprint density at radius 2 is 1.71 bits per heavy atom. The van der Waals surface area contributed by atoms with Gasteiger partial charge in [-0.05, 0) is 53.8 Å². The topological polar surface area (TPSA) is 60.4 Å². The Balaban J connectivity index is 2.15. The van der Waals surface area contributed by atoms with Crippen molar-refractivity contribution in [1.82, 2.24) is 0 Å². The van der Waals surface area contributed by atoms with Gasteiger partial charge in [-0.15, -0.1) is 0 Å². The van der Waals surface area contributed by atoms with Crippen LogP contribution in [0.2, 0.25) is 0 Å². The van der Waals surface area contributed by atoms with Crippen molar-refractivity contribution in [2.24, 2.45) is 0 Å². The summed E-state index contributed by atoms with van der Waals surface area (Å²) in [5.41, 5.74) is 3.18. The molecule has 24 heavy (non-hydrogen) atoms. The van der Waals surface area contributed by atoms with Gasteiger partial charge >= 0.3 is 5.97 Å². The van der Waals surface area contributed by atoms with Crippen LogP contribution in [0.15, 0.2) is 42.5 Å². The first-order chi connectivity index (χ1) is 11.1. The quantitative estimate of drug-likeness (QED) is 0.609. The van der Waals surface area contributed by atoms with Gasteiger partial charge in [0.15, 0.2) is 9.84 Å². The van der Waals surface area contributed by atoms with Gasteiger partial charge in [-0.25, -0.2) is 13.2 Å². The Hall–Kier alpha value is -2.14. The van der Waals surface area contributed by atoms with Crippen LogP contribution in [0.25, 0.3) is 0 Å². The maximum atomic E-state index is 12.3. The lowest BCUT2D eigenvalue weighted by atomic mass is 10.0. The second-order valence-corrected chi connectivity index (χ2v) is 8.53. The molecule has 4 nitrogen and oxygen atoms in total. The third kappa shape index (κ3) is 5.20. The molecule has 0 aromatic heterocycles. The average Bonchev–Trinajstić information content (AvgIpc) is 2.45. The standard InChI is InChI=1S/C19H22O4S/c1-13(2)17-9-14(3)10-18(11-17)23-19(20)16-7-5-15(6-8-16)12-24(4,21)22/h5-11,13H,12H2,1-4H3. The van der Waals surface area contributed by atoms with E-state index in [1.54, 1.807) is 24.3 Å². The van der Waals surface area contributed by atoms with E-state index in [4.69, 9.17) is 4.74 Å². The molecule has 0 aliphatic rings. The fourth-order valence-electron chi connectivity index (χ4n) is 2.37. The zero-order chi connectivity index (χ0) is 17.9. The van der Waals surface area contributed by atoms with E-state index in [9.17, 15) is 13.2 Å². The van der Waals surface area contributed by atoms with Gasteiger partial charge in [-0.2, -0.15) is 0 Å². The normalized spacial score (nSPS) is 11.5. The first kappa shape index (κ1) is 18.2. The van der Waals surface area contributed by atoms with Crippen LogP contribution in [0, 0.1) is 6.92 Å². The maximum absolute atomic E-state index is 12.3. The number of ether oxygens (including phenoxy) is 1. The summed E-state index contributed by atoms with van der Waals surface area (Å²) >= 11 is 0. The number of aryl methyl sites for hydroxylation is 1. The second kappa shape index (κ2) is 7.18. The molecule has 0 saturated heterocycles. The zero-order valence-electron chi connectivity index (χ0n) is 14.4. The predicted molar refractivity (Wildman–Crippen MR) is 95.2 cm³/mol. The van der Waals surface area contributed by atoms with E-state index in [0.717, 1.165) is 11.1 Å². The maximum Gasteiger partial charge on any atom is 0.343 e. The lowest BCUT2D eigenvalue weighted by Crippen LogP contribution is -2.09. The lowest BCUT2D eigenvalue weighted by Gasteiger charge is -2.11. The summed E-state index contributed by atoms with van der Waals surface area (Å²) < 4.78 is 28.0. The number of hydrogen-bond acceptors (Lipinski definition) is 4. The van der Waals surface area contributed by atoms with Gasteiger partial charge in [0.05, 0.1) is 11.3 Å². The van der Waals surface area contributed by atoms with Crippen LogP contribution >= 0.6 is 0 Å². The Bertz CT molecular complexity index is 834. The van der Waals surface area contributed by atoms with Crippen LogP contribution in [0.4, 0.5) is 0 Å². The molecule has 0 heterocycles. The van der Waals surface area contributed by atoms with Crippen molar-refractivity contribution in [1.29, 1.82) is 0 Å². The molecule has 0 unspecified atom stereocenters. The van der Waals surface area contributed by atoms with E-state index in [-0.39, 0.29) is 5.75 Å². The summed E-state index contributed by atoms with van der Waals surface area (Å²) in [5.74, 6) is 0.362. The highest BCUT2D eigenvalue weighted by atomic mass is 32.2. The smallest absolute Gasteiger partial charge is 0.343 e. The zero-order valence-corrected chi connectivity index (χ0v) is 15.2. The van der Waals surface area contributed by atoms with Crippen molar-refractivity contribution >= 4 is 15.8 Å². The summed E-state index contributed by atoms with van der Waals surface area (Å²) in [6.45, 7) is 6.13. The van der Waals surface area contributed by atoms with Crippen LogP contribution in [0.5, 0.6) is 5.75 Å². The van der Waals surface area contributed by atoms with E-state index in [0.29, 0.717) is 22.8 Å². The van der Waals surface area contributed by atoms with Gasteiger partial charge in [-0.1, -0.05) is 32.0 Å². The molecule has 0 saturated carbocycles. The summed E-state index contributed by atoms with van der Waals surface area (Å²) in [7, 11) is -3.09. The molecule has 0 atom stereocenters. The lowest BCUT2D eigenvalue weighted by molar-refractivity contribution is 0.0734. The molecule has 0 fully saturated rings. The van der Waals surface area contributed by atoms with Crippen molar-refractivity contribution in [2.75, 3.05) is 6.26 Å². The molecule has 2 rings (SSSR count). The molecule has 5 heteroatoms. The average molecular weight is 346 g/mol. The molecule has 128 valence electrons. The summed E-state index contributed by atoms with van der Waals surface area (Å²) in [4.78, 5) is 12.3. The van der Waals surface area contributed by atoms with Crippen LogP contribution < -0.4 is 4.74 Å². The molecule has 0 amide bonds. The first-order valence-electron chi connectivity index (χ1n) is 7.74. The first-order valence-corrected chi connectivity index (χ1v) is 9.80. The molecular formula is C19H22O4S. The number of carbonyl (C=O) groups is 1. The Morgan fingerprint density at radius 3 is 2.25 bits per heavy atom. The second-order valence-electron chi connectivity index (χ2n) is 6.39. The molecule has 0 N–H and O–H groups in total. The summed E-state index contributed by atoms with van der Waals surface area (Å²) in [6.07, 6.45) is 1.18. The van der Waals surface area contributed by atoms with Crippen LogP contribution in [-0.4, -0.2) is 20.6 Å². The highest BCUT2D eigenvalue weighted by Gasteiger charge is 2.12. The third-order valence-electron chi connectivity index (χ3n) is 3.57. The molecule has 0 spiro atoms. The van der Waals surface area contributed by atoms with E-state index in [1.165, 1.54) is 6.26 Å². The highest BCUT2D eigenvalue weighted by Crippen LogP contribution is 2.23. The fourth-order valence-corrected chi connectivity index (χ4v) is 3.17. The molecular weight excluding hydrogens is 324 g/mol. The number of carbonyl (C=O) groups excluding carboxylic acids is 1. The predicted octanol–water partition coefficient (Wildman–Crippen LogP) is 3.88. The number of esters is 1. The minimum absolute atomic E-state index is 0.0437. The van der Waals surface area contributed by atoms with Crippen LogP contribution in [0.3, 0.4) is 0 Å². The number of sulfone groups is 1. The van der Waals surface area contributed by atoms with Crippen molar-refractivity contribution in [3.05, 3.63) is 64.7 Å². The van der Waals surface area contributed by atoms with Gasteiger partial charge in [0.25, 0.3) is 0 Å². The van der Waals surface area contributed by atoms with Gasteiger partial charge in [-0.3, -0.25) is 0 Å². The Morgan fingerprint density at radius 1 is 1.08 bits per heavy atom. The Labute approximate surface area is 143 Å². The van der Waals surface area contributed by atoms with Gasteiger partial charge in [0, 0.05) is 6.26 Å². The van der Waals surface area contributed by atoms with Crippen LogP contribution in [0.1, 0.15) is 46.8 Å². The molecule has 0 radical (unpaired) electrons. The summed E-state index contributed by atoms with van der Waals surface area (Å²) in [6, 6.07) is 12.2. The minimum Gasteiger partial charge on any atom is -0.423 e. The fraction of sp³-hybridized carbons (Fsp3) is 0.316. The van der Waals surface area contributed by atoms with Gasteiger partial charge < -0.3 is 4.74 Å². The molecule has 2 aromatic rings. The van der Waals surface area contributed by atoms with E-state index in [1.807, 2.05) is 19.1 Å².